The molecule has 1 unspecified atom stereocenters. The number of methoxy groups -OCH3 is 1. The zero-order valence-corrected chi connectivity index (χ0v) is 15.0. The van der Waals surface area contributed by atoms with Gasteiger partial charge in [-0.05, 0) is 47.4 Å². The van der Waals surface area contributed by atoms with Crippen molar-refractivity contribution in [3.8, 4) is 22.6 Å². The van der Waals surface area contributed by atoms with Crippen LogP contribution in [-0.2, 0) is 4.74 Å². The van der Waals surface area contributed by atoms with Crippen molar-refractivity contribution in [3.05, 3.63) is 54.9 Å². The van der Waals surface area contributed by atoms with Crippen LogP contribution in [0.2, 0.25) is 0 Å². The normalized spacial score (nSPS) is 17.2. The monoisotopic (exact) mass is 349 g/mol. The van der Waals surface area contributed by atoms with E-state index in [-0.39, 0.29) is 0 Å². The van der Waals surface area contributed by atoms with Crippen LogP contribution in [0.3, 0.4) is 0 Å². The number of pyridine rings is 1. The zero-order chi connectivity index (χ0) is 17.8. The fourth-order valence-corrected chi connectivity index (χ4v) is 3.50. The molecule has 0 saturated carbocycles. The molecule has 1 aromatic heterocycles. The van der Waals surface area contributed by atoms with E-state index in [2.05, 4.69) is 35.3 Å². The largest absolute Gasteiger partial charge is 0.496 e. The predicted molar refractivity (Wildman–Crippen MR) is 103 cm³/mol. The second kappa shape index (κ2) is 7.75. The average molecular weight is 349 g/mol. The van der Waals surface area contributed by atoms with Gasteiger partial charge < -0.3 is 14.2 Å². The van der Waals surface area contributed by atoms with Crippen LogP contribution in [0.1, 0.15) is 12.8 Å². The first kappa shape index (κ1) is 16.9. The number of hydrogen-bond donors (Lipinski definition) is 0. The zero-order valence-electron chi connectivity index (χ0n) is 15.0. The second-order valence-corrected chi connectivity index (χ2v) is 6.66. The minimum atomic E-state index is 0.464. The summed E-state index contributed by atoms with van der Waals surface area (Å²) in [4.78, 5) is 4.29. The molecule has 4 nitrogen and oxygen atoms in total. The lowest BCUT2D eigenvalue weighted by molar-refractivity contribution is 0.0352. The van der Waals surface area contributed by atoms with Gasteiger partial charge in [-0.1, -0.05) is 24.3 Å². The lowest BCUT2D eigenvalue weighted by Gasteiger charge is -2.22. The SMILES string of the molecule is COc1ccncc1-c1cc(OCC2CCCOC2)cc2ccccc12. The molecule has 1 aliphatic heterocycles. The molecule has 0 bridgehead atoms. The Balaban J connectivity index is 1.71. The standard InChI is InChI=1S/C22H23NO3/c1-24-22-8-9-23-13-21(22)20-12-18(11-17-6-2-3-7-19(17)20)26-15-16-5-4-10-25-14-16/h2-3,6-9,11-13,16H,4-5,10,14-15H2,1H3. The molecule has 2 heterocycles. The maximum atomic E-state index is 6.15. The molecule has 1 saturated heterocycles. The van der Waals surface area contributed by atoms with Crippen molar-refractivity contribution in [2.24, 2.45) is 5.92 Å². The van der Waals surface area contributed by atoms with Crippen molar-refractivity contribution in [3.63, 3.8) is 0 Å². The van der Waals surface area contributed by atoms with Gasteiger partial charge in [0.1, 0.15) is 11.5 Å². The van der Waals surface area contributed by atoms with Crippen molar-refractivity contribution < 1.29 is 14.2 Å². The van der Waals surface area contributed by atoms with Gasteiger partial charge in [0.2, 0.25) is 0 Å². The summed E-state index contributed by atoms with van der Waals surface area (Å²) < 4.78 is 17.3. The van der Waals surface area contributed by atoms with Gasteiger partial charge in [-0.3, -0.25) is 4.98 Å². The third-order valence-corrected chi connectivity index (χ3v) is 4.87. The number of ether oxygens (including phenoxy) is 3. The van der Waals surface area contributed by atoms with Crippen molar-refractivity contribution in [1.82, 2.24) is 4.98 Å². The molecule has 4 rings (SSSR count). The van der Waals surface area contributed by atoms with Gasteiger partial charge in [0.05, 0.1) is 20.3 Å². The Labute approximate surface area is 153 Å². The van der Waals surface area contributed by atoms with Crippen molar-refractivity contribution >= 4 is 10.8 Å². The Morgan fingerprint density at radius 2 is 2.08 bits per heavy atom. The number of aromatic nitrogens is 1. The minimum absolute atomic E-state index is 0.464. The Kier molecular flexibility index (Phi) is 5.02. The average Bonchev–Trinajstić information content (AvgIpc) is 2.72. The molecule has 4 heteroatoms. The Hall–Kier alpha value is -2.59. The van der Waals surface area contributed by atoms with Gasteiger partial charge in [0.25, 0.3) is 0 Å². The van der Waals surface area contributed by atoms with E-state index in [9.17, 15) is 0 Å². The molecule has 0 N–H and O–H groups in total. The lowest BCUT2D eigenvalue weighted by atomic mass is 9.98. The highest BCUT2D eigenvalue weighted by atomic mass is 16.5. The van der Waals surface area contributed by atoms with Crippen LogP contribution < -0.4 is 9.47 Å². The summed E-state index contributed by atoms with van der Waals surface area (Å²) in [5, 5.41) is 2.30. The summed E-state index contributed by atoms with van der Waals surface area (Å²) in [6, 6.07) is 14.4. The van der Waals surface area contributed by atoms with E-state index in [1.807, 2.05) is 18.3 Å². The molecule has 0 aliphatic carbocycles. The van der Waals surface area contributed by atoms with Crippen molar-refractivity contribution in [1.29, 1.82) is 0 Å². The molecule has 1 atom stereocenters. The molecule has 1 aliphatic rings. The summed E-state index contributed by atoms with van der Waals surface area (Å²) in [5.74, 6) is 2.14. The number of benzene rings is 2. The third-order valence-electron chi connectivity index (χ3n) is 4.87. The van der Waals surface area contributed by atoms with Gasteiger partial charge in [-0.15, -0.1) is 0 Å². The molecule has 0 amide bonds. The molecule has 3 aromatic rings. The quantitative estimate of drug-likeness (QED) is 0.668. The van der Waals surface area contributed by atoms with E-state index in [1.54, 1.807) is 13.3 Å². The van der Waals surface area contributed by atoms with E-state index >= 15 is 0 Å². The molecule has 134 valence electrons. The number of fused-ring (bicyclic) bond motifs is 1. The Morgan fingerprint density at radius 1 is 1.15 bits per heavy atom. The summed E-state index contributed by atoms with van der Waals surface area (Å²) >= 11 is 0. The highest BCUT2D eigenvalue weighted by Crippen LogP contribution is 2.37. The van der Waals surface area contributed by atoms with Crippen LogP contribution in [-0.4, -0.2) is 31.9 Å². The molecule has 26 heavy (non-hydrogen) atoms. The molecule has 0 spiro atoms. The molecule has 1 fully saturated rings. The van der Waals surface area contributed by atoms with Gasteiger partial charge >= 0.3 is 0 Å². The molecule has 0 radical (unpaired) electrons. The third kappa shape index (κ3) is 3.51. The van der Waals surface area contributed by atoms with Crippen molar-refractivity contribution in [2.75, 3.05) is 26.9 Å². The number of nitrogens with zero attached hydrogens (tertiary/aromatic N) is 1. The fraction of sp³-hybridized carbons (Fsp3) is 0.318. The van der Waals surface area contributed by atoms with Crippen LogP contribution in [0.25, 0.3) is 21.9 Å². The van der Waals surface area contributed by atoms with Gasteiger partial charge in [0, 0.05) is 30.5 Å². The number of hydrogen-bond acceptors (Lipinski definition) is 4. The van der Waals surface area contributed by atoms with E-state index in [0.717, 1.165) is 59.5 Å². The van der Waals surface area contributed by atoms with Crippen LogP contribution >= 0.6 is 0 Å². The highest BCUT2D eigenvalue weighted by Gasteiger charge is 2.16. The summed E-state index contributed by atoms with van der Waals surface area (Å²) in [6.07, 6.45) is 5.87. The van der Waals surface area contributed by atoms with Crippen LogP contribution in [0, 0.1) is 5.92 Å². The first-order valence-corrected chi connectivity index (χ1v) is 9.07. The molecule has 2 aromatic carbocycles. The van der Waals surface area contributed by atoms with E-state index in [1.165, 1.54) is 0 Å². The van der Waals surface area contributed by atoms with Crippen LogP contribution in [0.4, 0.5) is 0 Å². The van der Waals surface area contributed by atoms with Crippen LogP contribution in [0.15, 0.2) is 54.9 Å². The number of rotatable bonds is 5. The maximum Gasteiger partial charge on any atom is 0.129 e. The van der Waals surface area contributed by atoms with E-state index in [0.29, 0.717) is 12.5 Å². The molecular formula is C22H23NO3. The Bertz CT molecular complexity index is 887. The lowest BCUT2D eigenvalue weighted by Crippen LogP contribution is -2.23. The first-order valence-electron chi connectivity index (χ1n) is 9.07. The second-order valence-electron chi connectivity index (χ2n) is 6.66. The maximum absolute atomic E-state index is 6.15. The summed E-state index contributed by atoms with van der Waals surface area (Å²) in [5.41, 5.74) is 2.04. The predicted octanol–water partition coefficient (Wildman–Crippen LogP) is 4.72. The fourth-order valence-electron chi connectivity index (χ4n) is 3.50. The minimum Gasteiger partial charge on any atom is -0.496 e. The first-order chi connectivity index (χ1) is 12.8. The summed E-state index contributed by atoms with van der Waals surface area (Å²) in [7, 11) is 1.68. The summed E-state index contributed by atoms with van der Waals surface area (Å²) in [6.45, 7) is 2.34. The topological polar surface area (TPSA) is 40.6 Å². The smallest absolute Gasteiger partial charge is 0.129 e. The van der Waals surface area contributed by atoms with E-state index in [4.69, 9.17) is 14.2 Å². The van der Waals surface area contributed by atoms with Gasteiger partial charge in [0.15, 0.2) is 0 Å². The Morgan fingerprint density at radius 3 is 2.92 bits per heavy atom. The van der Waals surface area contributed by atoms with Gasteiger partial charge in [-0.25, -0.2) is 0 Å². The van der Waals surface area contributed by atoms with E-state index < -0.39 is 0 Å². The molecular weight excluding hydrogens is 326 g/mol. The van der Waals surface area contributed by atoms with Crippen molar-refractivity contribution in [2.45, 2.75) is 12.8 Å². The van der Waals surface area contributed by atoms with Crippen LogP contribution in [0.5, 0.6) is 11.5 Å². The highest BCUT2D eigenvalue weighted by molar-refractivity contribution is 5.99. The van der Waals surface area contributed by atoms with Gasteiger partial charge in [-0.2, -0.15) is 0 Å².